The number of fused-ring (bicyclic) bond motifs is 4. The number of methoxy groups -OCH3 is 4. The molecule has 8 heterocycles. The van der Waals surface area contributed by atoms with Gasteiger partial charge in [0.25, 0.3) is 0 Å². The highest BCUT2D eigenvalue weighted by atomic mass is 16.9. The maximum Gasteiger partial charge on any atom is 0.407 e. The van der Waals surface area contributed by atoms with E-state index in [-0.39, 0.29) is 25.2 Å². The number of ketones is 1. The van der Waals surface area contributed by atoms with Crippen molar-refractivity contribution in [3.63, 3.8) is 0 Å². The average Bonchev–Trinajstić information content (AvgIpc) is 4.25. The monoisotopic (exact) mass is 1100 g/mol. The first-order chi connectivity index (χ1) is 35.9. The van der Waals surface area contributed by atoms with Gasteiger partial charge in [-0.05, 0) is 83.1 Å². The largest absolute Gasteiger partial charge is 0.444 e. The van der Waals surface area contributed by atoms with Crippen LogP contribution in [0.4, 0.5) is 4.79 Å². The minimum atomic E-state index is -1.15. The molecule has 4 N–H and O–H groups in total. The Kier molecular flexibility index (Phi) is 17.8. The number of Topliss-reactive ketones (excluding diaryl/α,β-unsaturated/α-hetero) is 1. The molecule has 8 rings (SSSR count). The zero-order valence-electron chi connectivity index (χ0n) is 47.1. The lowest BCUT2D eigenvalue weighted by Gasteiger charge is -2.34. The van der Waals surface area contributed by atoms with Crippen LogP contribution in [0.15, 0.2) is 0 Å². The van der Waals surface area contributed by atoms with Crippen molar-refractivity contribution in [2.45, 2.75) is 254 Å². The van der Waals surface area contributed by atoms with Gasteiger partial charge in [-0.15, -0.1) is 0 Å². The minimum absolute atomic E-state index is 0.103. The lowest BCUT2D eigenvalue weighted by Crippen LogP contribution is -2.56. The summed E-state index contributed by atoms with van der Waals surface area (Å²) in [5, 5.41) is 11.7. The summed E-state index contributed by atoms with van der Waals surface area (Å²) in [6.07, 6.45) is -15.3. The molecule has 20 atom stereocenters. The highest BCUT2D eigenvalue weighted by Crippen LogP contribution is 2.44. The first-order valence-electron chi connectivity index (χ1n) is 26.4. The van der Waals surface area contributed by atoms with Gasteiger partial charge in [-0.2, -0.15) is 0 Å². The van der Waals surface area contributed by atoms with Crippen molar-refractivity contribution < 1.29 is 104 Å². The van der Waals surface area contributed by atoms with Crippen LogP contribution in [-0.2, 0) is 99.7 Å². The van der Waals surface area contributed by atoms with Crippen LogP contribution in [-0.4, -0.2) is 210 Å². The van der Waals surface area contributed by atoms with E-state index >= 15 is 0 Å². The highest BCUT2D eigenvalue weighted by Gasteiger charge is 2.62. The molecule has 438 valence electrons. The van der Waals surface area contributed by atoms with E-state index in [2.05, 4.69) is 21.3 Å². The topological polar surface area (TPSA) is 290 Å². The van der Waals surface area contributed by atoms with Crippen molar-refractivity contribution >= 4 is 29.6 Å². The predicted octanol–water partition coefficient (Wildman–Crippen LogP) is 1.30. The summed E-state index contributed by atoms with van der Waals surface area (Å²) < 4.78 is 104. The number of hydrogen-bond donors (Lipinski definition) is 4. The fourth-order valence-electron chi connectivity index (χ4n) is 11.8. The van der Waals surface area contributed by atoms with Gasteiger partial charge >= 0.3 is 6.09 Å². The van der Waals surface area contributed by atoms with E-state index in [9.17, 15) is 24.0 Å². The van der Waals surface area contributed by atoms with Crippen molar-refractivity contribution in [3.8, 4) is 0 Å². The molecule has 0 spiro atoms. The van der Waals surface area contributed by atoms with Gasteiger partial charge in [-0.25, -0.2) is 4.79 Å². The number of rotatable bonds is 21. The third-order valence-corrected chi connectivity index (χ3v) is 14.6. The number of hydrogen-bond acceptors (Lipinski definition) is 22. The van der Waals surface area contributed by atoms with Crippen molar-refractivity contribution in [3.05, 3.63) is 0 Å². The lowest BCUT2D eigenvalue weighted by atomic mass is 9.92. The first-order valence-corrected chi connectivity index (χ1v) is 26.4. The molecule has 4 unspecified atom stereocenters. The quantitative estimate of drug-likeness (QED) is 0.126. The van der Waals surface area contributed by atoms with E-state index in [0.29, 0.717) is 0 Å². The van der Waals surface area contributed by atoms with Crippen molar-refractivity contribution in [2.24, 2.45) is 5.92 Å². The molecule has 26 heteroatoms. The number of alkyl carbamates (subject to hydrolysis) is 1. The number of carbonyl (C=O) groups excluding carboxylic acids is 5. The van der Waals surface area contributed by atoms with Crippen LogP contribution in [0.2, 0.25) is 0 Å². The van der Waals surface area contributed by atoms with E-state index in [1.807, 2.05) is 0 Å². The van der Waals surface area contributed by atoms with Gasteiger partial charge in [0, 0.05) is 66.6 Å². The number of amides is 4. The molecule has 0 aromatic heterocycles. The molecule has 77 heavy (non-hydrogen) atoms. The zero-order valence-corrected chi connectivity index (χ0v) is 47.1. The third-order valence-electron chi connectivity index (χ3n) is 14.6. The number of carbonyl (C=O) groups is 5. The van der Waals surface area contributed by atoms with Crippen molar-refractivity contribution in [1.29, 1.82) is 0 Å². The summed E-state index contributed by atoms with van der Waals surface area (Å²) in [6, 6.07) is -3.21. The molecule has 8 fully saturated rings. The Morgan fingerprint density at radius 1 is 0.455 bits per heavy atom. The predicted molar refractivity (Wildman–Crippen MR) is 261 cm³/mol. The average molecular weight is 1100 g/mol. The van der Waals surface area contributed by atoms with Gasteiger partial charge in [0.2, 0.25) is 17.7 Å². The molecule has 8 aliphatic rings. The molecule has 26 nitrogen and oxygen atoms in total. The summed E-state index contributed by atoms with van der Waals surface area (Å²) in [4.78, 5) is 69.9. The van der Waals surface area contributed by atoms with E-state index in [0.717, 1.165) is 0 Å². The van der Waals surface area contributed by atoms with Crippen molar-refractivity contribution in [2.75, 3.05) is 35.0 Å². The summed E-state index contributed by atoms with van der Waals surface area (Å²) in [7, 11) is 5.88. The molecule has 0 radical (unpaired) electrons. The smallest absolute Gasteiger partial charge is 0.407 e. The molecule has 8 aliphatic heterocycles. The SMILES string of the molecule is CO[C@@H]1[C@H]2OC(C)(C)O[C@H]2O[C@H]1C(CNC(=O)OC(C)(C)C)CC(=O)NC(CC(=O)NC(CC(=O)NC(CC(C)=O)[C@@H]1O[C@@H]2OC(C)(C)O[C@@H]2[C@H]1OC)[C@@H]1O[C@@H]2OC(C)(C)O[C@@H]2[C@H]1OC)[C@@H]1O[C@@H]2OC(C)(C)O[C@@H]2[C@H]1OC. The first kappa shape index (κ1) is 59.8. The number of ether oxygens (including phenoxy) is 17. The van der Waals surface area contributed by atoms with Gasteiger partial charge in [-0.3, -0.25) is 19.2 Å². The zero-order chi connectivity index (χ0) is 56.3. The Morgan fingerprint density at radius 3 is 1.06 bits per heavy atom. The maximum atomic E-state index is 14.9. The third kappa shape index (κ3) is 13.7. The van der Waals surface area contributed by atoms with Crippen LogP contribution >= 0.6 is 0 Å². The molecule has 8 saturated heterocycles. The summed E-state index contributed by atoms with van der Waals surface area (Å²) in [5.41, 5.74) is -0.818. The van der Waals surface area contributed by atoms with Gasteiger partial charge in [0.15, 0.2) is 48.3 Å². The lowest BCUT2D eigenvalue weighted by molar-refractivity contribution is -0.223. The molecule has 0 aromatic rings. The molecular formula is C51H82N4O22. The van der Waals surface area contributed by atoms with E-state index < -0.39 is 188 Å². The second kappa shape index (κ2) is 22.9. The van der Waals surface area contributed by atoms with Gasteiger partial charge in [-0.1, -0.05) is 0 Å². The molecule has 4 amide bonds. The molecule has 0 aliphatic carbocycles. The van der Waals surface area contributed by atoms with E-state index in [4.69, 9.17) is 80.5 Å². The Balaban J connectivity index is 1.05. The van der Waals surface area contributed by atoms with Crippen LogP contribution < -0.4 is 21.3 Å². The highest BCUT2D eigenvalue weighted by molar-refractivity contribution is 5.83. The molecule has 0 aromatic carbocycles. The fourth-order valence-corrected chi connectivity index (χ4v) is 11.8. The minimum Gasteiger partial charge on any atom is -0.444 e. The fraction of sp³-hybridized carbons (Fsp3) is 0.902. The molecular weight excluding hydrogens is 1020 g/mol. The van der Waals surface area contributed by atoms with E-state index in [1.54, 1.807) is 76.2 Å². The normalized spacial score (nSPS) is 38.4. The number of nitrogens with one attached hydrogen (secondary N) is 4. The molecule has 0 saturated carbocycles. The van der Waals surface area contributed by atoms with Crippen LogP contribution in [0.3, 0.4) is 0 Å². The van der Waals surface area contributed by atoms with Crippen molar-refractivity contribution in [1.82, 2.24) is 21.3 Å². The Labute approximate surface area is 449 Å². The van der Waals surface area contributed by atoms with E-state index in [1.165, 1.54) is 35.4 Å². The van der Waals surface area contributed by atoms with Crippen LogP contribution in [0.1, 0.15) is 109 Å². The van der Waals surface area contributed by atoms with Gasteiger partial charge < -0.3 is 102 Å². The standard InChI is InChI=1S/C51H82N4O22/c1-22(56)17-24(31-35(62-14)39-43(66-31)74-49(7,8)70-39)53-28(58)20-26(33-37(64-16)41-45(68-33)76-51(11,12)72-41)55-29(59)19-25(32-36(63-15)40-44(67-32)75-50(9,10)71-40)54-27(57)18-23(21-52-46(60)77-47(2,3)4)30-34(61-13)38-42(65-30)73-48(5,6)69-38/h23-26,30-45H,17-21H2,1-16H3,(H,52,60)(H,53,58)(H,54,57)(H,55,59)/t23?,24?,25?,26?,30-,31-,32-,33-,34-,35-,36-,37-,38+,39+,40+,41+,42+,43+,44+,45+/m0/s1. The maximum absolute atomic E-state index is 14.9. The van der Waals surface area contributed by atoms with Gasteiger partial charge in [0.05, 0.1) is 24.2 Å². The van der Waals surface area contributed by atoms with Gasteiger partial charge in [0.1, 0.15) is 78.5 Å². The van der Waals surface area contributed by atoms with Crippen LogP contribution in [0, 0.1) is 5.92 Å². The Morgan fingerprint density at radius 2 is 0.753 bits per heavy atom. The summed E-state index contributed by atoms with van der Waals surface area (Å²) in [6.45, 7) is 20.4. The Hall–Kier alpha value is -3.29. The second-order valence-electron chi connectivity index (χ2n) is 23.8. The van der Waals surface area contributed by atoms with Crippen LogP contribution in [0.5, 0.6) is 0 Å². The summed E-state index contributed by atoms with van der Waals surface area (Å²) >= 11 is 0. The second-order valence-corrected chi connectivity index (χ2v) is 23.8. The molecule has 0 bridgehead atoms. The summed E-state index contributed by atoms with van der Waals surface area (Å²) in [5.74, 6) is -6.83. The van der Waals surface area contributed by atoms with Crippen LogP contribution in [0.25, 0.3) is 0 Å². The Bertz CT molecular complexity index is 2140.